The molecule has 0 heterocycles. The first-order valence-electron chi connectivity index (χ1n) is 5.31. The minimum Gasteiger partial charge on any atom is -0.449 e. The van der Waals surface area contributed by atoms with E-state index in [0.717, 1.165) is 0 Å². The quantitative estimate of drug-likeness (QED) is 0.819. The van der Waals surface area contributed by atoms with Crippen LogP contribution in [0.4, 0.5) is 13.6 Å². The summed E-state index contributed by atoms with van der Waals surface area (Å²) in [4.78, 5) is 22.4. The number of carbonyl (C=O) groups is 2. The normalized spacial score (nSPS) is 9.89. The van der Waals surface area contributed by atoms with E-state index in [0.29, 0.717) is 0 Å². The molecular weight excluding hydrogens is 262 g/mol. The molecule has 0 spiro atoms. The Kier molecular flexibility index (Phi) is 5.52. The number of carbonyl (C=O) groups excluding carboxylic acids is 2. The van der Waals surface area contributed by atoms with Gasteiger partial charge in [-0.15, -0.1) is 0 Å². The first kappa shape index (κ1) is 14.7. The molecule has 0 saturated heterocycles. The van der Waals surface area contributed by atoms with Gasteiger partial charge >= 0.3 is 12.7 Å². The van der Waals surface area contributed by atoms with Crippen LogP contribution in [-0.2, 0) is 4.74 Å². The van der Waals surface area contributed by atoms with E-state index in [1.54, 1.807) is 6.92 Å². The van der Waals surface area contributed by atoms with Crippen LogP contribution in [0.5, 0.6) is 5.75 Å². The lowest BCUT2D eigenvalue weighted by Gasteiger charge is -2.08. The van der Waals surface area contributed by atoms with E-state index in [-0.39, 0.29) is 17.9 Å². The SMILES string of the molecule is CCOC(=O)NNC(=O)c1ccc(OC(F)F)cc1. The van der Waals surface area contributed by atoms with Crippen LogP contribution in [0.25, 0.3) is 0 Å². The zero-order chi connectivity index (χ0) is 14.3. The van der Waals surface area contributed by atoms with Crippen LogP contribution in [0.3, 0.4) is 0 Å². The third-order valence-corrected chi connectivity index (χ3v) is 1.90. The molecule has 1 aromatic carbocycles. The Hall–Kier alpha value is -2.38. The smallest absolute Gasteiger partial charge is 0.426 e. The third kappa shape index (κ3) is 5.19. The van der Waals surface area contributed by atoms with Crippen LogP contribution < -0.4 is 15.6 Å². The van der Waals surface area contributed by atoms with Gasteiger partial charge in [0.05, 0.1) is 6.61 Å². The van der Waals surface area contributed by atoms with Crippen molar-refractivity contribution in [1.29, 1.82) is 0 Å². The maximum Gasteiger partial charge on any atom is 0.426 e. The highest BCUT2D eigenvalue weighted by molar-refractivity contribution is 5.95. The number of hydrazine groups is 1. The second-order valence-corrected chi connectivity index (χ2v) is 3.20. The lowest BCUT2D eigenvalue weighted by atomic mass is 10.2. The molecule has 0 radical (unpaired) electrons. The largest absolute Gasteiger partial charge is 0.449 e. The van der Waals surface area contributed by atoms with Crippen molar-refractivity contribution < 1.29 is 27.8 Å². The summed E-state index contributed by atoms with van der Waals surface area (Å²) >= 11 is 0. The number of amides is 2. The summed E-state index contributed by atoms with van der Waals surface area (Å²) in [7, 11) is 0. The van der Waals surface area contributed by atoms with Crippen molar-refractivity contribution >= 4 is 12.0 Å². The van der Waals surface area contributed by atoms with Gasteiger partial charge in [0, 0.05) is 5.56 Å². The number of ether oxygens (including phenoxy) is 2. The lowest BCUT2D eigenvalue weighted by Crippen LogP contribution is -2.41. The van der Waals surface area contributed by atoms with Gasteiger partial charge in [-0.1, -0.05) is 0 Å². The highest BCUT2D eigenvalue weighted by Gasteiger charge is 2.09. The maximum atomic E-state index is 11.9. The molecule has 2 amide bonds. The summed E-state index contributed by atoms with van der Waals surface area (Å²) in [5.74, 6) is -0.679. The second-order valence-electron chi connectivity index (χ2n) is 3.20. The van der Waals surface area contributed by atoms with Crippen molar-refractivity contribution in [3.63, 3.8) is 0 Å². The Morgan fingerprint density at radius 3 is 2.37 bits per heavy atom. The fraction of sp³-hybridized carbons (Fsp3) is 0.273. The van der Waals surface area contributed by atoms with Gasteiger partial charge in [-0.3, -0.25) is 10.2 Å². The van der Waals surface area contributed by atoms with E-state index in [1.807, 2.05) is 5.43 Å². The summed E-state index contributed by atoms with van der Waals surface area (Å²) in [5.41, 5.74) is 4.27. The second kappa shape index (κ2) is 7.14. The average molecular weight is 274 g/mol. The fourth-order valence-electron chi connectivity index (χ4n) is 1.13. The van der Waals surface area contributed by atoms with Crippen LogP contribution in [0.2, 0.25) is 0 Å². The van der Waals surface area contributed by atoms with Crippen LogP contribution in [0.15, 0.2) is 24.3 Å². The van der Waals surface area contributed by atoms with Gasteiger partial charge in [0.15, 0.2) is 0 Å². The summed E-state index contributed by atoms with van der Waals surface area (Å²) < 4.78 is 32.4. The van der Waals surface area contributed by atoms with E-state index in [4.69, 9.17) is 0 Å². The topological polar surface area (TPSA) is 76.7 Å². The fourth-order valence-corrected chi connectivity index (χ4v) is 1.13. The number of rotatable bonds is 4. The Bertz CT molecular complexity index is 437. The van der Waals surface area contributed by atoms with Crippen LogP contribution in [0.1, 0.15) is 17.3 Å². The molecule has 0 fully saturated rings. The van der Waals surface area contributed by atoms with Crippen molar-refractivity contribution in [2.75, 3.05) is 6.61 Å². The van der Waals surface area contributed by atoms with Crippen molar-refractivity contribution in [3.05, 3.63) is 29.8 Å². The monoisotopic (exact) mass is 274 g/mol. The Balaban J connectivity index is 2.51. The molecule has 19 heavy (non-hydrogen) atoms. The molecule has 2 N–H and O–H groups in total. The highest BCUT2D eigenvalue weighted by Crippen LogP contribution is 2.14. The molecule has 104 valence electrons. The zero-order valence-electron chi connectivity index (χ0n) is 9.98. The summed E-state index contributed by atoms with van der Waals surface area (Å²) in [6.45, 7) is -1.14. The molecule has 0 bridgehead atoms. The molecule has 1 aromatic rings. The van der Waals surface area contributed by atoms with Gasteiger partial charge in [-0.05, 0) is 31.2 Å². The van der Waals surface area contributed by atoms with Crippen LogP contribution in [-0.4, -0.2) is 25.2 Å². The maximum absolute atomic E-state index is 11.9. The van der Waals surface area contributed by atoms with Crippen LogP contribution in [0, 0.1) is 0 Å². The molecule has 0 unspecified atom stereocenters. The molecule has 0 saturated carbocycles. The summed E-state index contributed by atoms with van der Waals surface area (Å²) in [6.07, 6.45) is -0.798. The molecule has 0 atom stereocenters. The summed E-state index contributed by atoms with van der Waals surface area (Å²) in [5, 5.41) is 0. The van der Waals surface area contributed by atoms with Crippen LogP contribution >= 0.6 is 0 Å². The molecule has 0 aliphatic rings. The van der Waals surface area contributed by atoms with Crippen molar-refractivity contribution in [2.45, 2.75) is 13.5 Å². The van der Waals surface area contributed by atoms with E-state index >= 15 is 0 Å². The molecule has 0 aliphatic carbocycles. The number of halogens is 2. The van der Waals surface area contributed by atoms with Gasteiger partial charge in [0.2, 0.25) is 0 Å². The number of hydrogen-bond acceptors (Lipinski definition) is 4. The molecule has 6 nitrogen and oxygen atoms in total. The average Bonchev–Trinajstić information content (AvgIpc) is 2.36. The minimum absolute atomic E-state index is 0.0649. The van der Waals surface area contributed by atoms with Gasteiger partial charge in [0.25, 0.3) is 5.91 Å². The molecular formula is C11H12F2N2O4. The van der Waals surface area contributed by atoms with E-state index in [9.17, 15) is 18.4 Å². The Labute approximate surface area is 107 Å². The molecule has 0 aliphatic heterocycles. The van der Waals surface area contributed by atoms with E-state index in [1.165, 1.54) is 24.3 Å². The first-order valence-corrected chi connectivity index (χ1v) is 5.31. The number of benzene rings is 1. The van der Waals surface area contributed by atoms with E-state index < -0.39 is 18.6 Å². The molecule has 8 heteroatoms. The van der Waals surface area contributed by atoms with E-state index in [2.05, 4.69) is 14.9 Å². The van der Waals surface area contributed by atoms with Gasteiger partial charge in [-0.2, -0.15) is 8.78 Å². The minimum atomic E-state index is -2.93. The zero-order valence-corrected chi connectivity index (χ0v) is 9.98. The van der Waals surface area contributed by atoms with Crippen molar-refractivity contribution in [3.8, 4) is 5.75 Å². The number of hydrogen-bond donors (Lipinski definition) is 2. The first-order chi connectivity index (χ1) is 9.02. The van der Waals surface area contributed by atoms with Crippen molar-refractivity contribution in [2.24, 2.45) is 0 Å². The third-order valence-electron chi connectivity index (χ3n) is 1.90. The number of alkyl halides is 2. The highest BCUT2D eigenvalue weighted by atomic mass is 19.3. The Morgan fingerprint density at radius 2 is 1.84 bits per heavy atom. The van der Waals surface area contributed by atoms with Gasteiger partial charge in [0.1, 0.15) is 5.75 Å². The standard InChI is InChI=1S/C11H12F2N2O4/c1-2-18-11(17)15-14-9(16)7-3-5-8(6-4-7)19-10(12)13/h3-6,10H,2H2,1H3,(H,14,16)(H,15,17). The van der Waals surface area contributed by atoms with Gasteiger partial charge < -0.3 is 9.47 Å². The number of nitrogens with one attached hydrogen (secondary N) is 2. The predicted molar refractivity (Wildman–Crippen MR) is 60.7 cm³/mol. The molecule has 1 rings (SSSR count). The van der Waals surface area contributed by atoms with Gasteiger partial charge in [-0.25, -0.2) is 10.2 Å². The Morgan fingerprint density at radius 1 is 1.21 bits per heavy atom. The van der Waals surface area contributed by atoms with Crippen molar-refractivity contribution in [1.82, 2.24) is 10.9 Å². The molecule has 0 aromatic heterocycles. The lowest BCUT2D eigenvalue weighted by molar-refractivity contribution is -0.0498. The summed E-state index contributed by atoms with van der Waals surface area (Å²) in [6, 6.07) is 4.98. The predicted octanol–water partition coefficient (Wildman–Crippen LogP) is 1.68.